The molecule has 3 rings (SSSR count). The minimum atomic E-state index is -0.139. The van der Waals surface area contributed by atoms with Crippen LogP contribution in [0, 0.1) is 0 Å². The van der Waals surface area contributed by atoms with Gasteiger partial charge in [0, 0.05) is 19.1 Å². The molecule has 1 heterocycles. The van der Waals surface area contributed by atoms with E-state index in [0.717, 1.165) is 25.6 Å². The predicted octanol–water partition coefficient (Wildman–Crippen LogP) is 2.16. The highest BCUT2D eigenvalue weighted by Crippen LogP contribution is 2.27. The minimum absolute atomic E-state index is 0.139. The average molecular weight is 272 g/mol. The molecule has 1 fully saturated rings. The highest BCUT2D eigenvalue weighted by Gasteiger charge is 2.35. The van der Waals surface area contributed by atoms with Crippen LogP contribution in [-0.4, -0.2) is 47.3 Å². The van der Waals surface area contributed by atoms with E-state index in [1.54, 1.807) is 24.3 Å². The largest absolute Gasteiger partial charge is 0.301 e. The summed E-state index contributed by atoms with van der Waals surface area (Å²) in [6.45, 7) is 4.71. The zero-order valence-corrected chi connectivity index (χ0v) is 11.8. The second kappa shape index (κ2) is 5.37. The average Bonchev–Trinajstić information content (AvgIpc) is 3.27. The fraction of sp³-hybridized carbons (Fsp3) is 0.500. The van der Waals surface area contributed by atoms with Crippen molar-refractivity contribution in [3.63, 3.8) is 0 Å². The maximum Gasteiger partial charge on any atom is 0.261 e. The Labute approximate surface area is 119 Å². The van der Waals surface area contributed by atoms with Crippen molar-refractivity contribution in [1.29, 1.82) is 0 Å². The summed E-state index contributed by atoms with van der Waals surface area (Å²) in [5.41, 5.74) is 1.10. The molecule has 1 aromatic rings. The molecule has 0 spiro atoms. The number of benzene rings is 1. The Kier molecular flexibility index (Phi) is 3.57. The maximum absolute atomic E-state index is 12.2. The number of carbonyl (C=O) groups is 2. The third-order valence-electron chi connectivity index (χ3n) is 4.17. The van der Waals surface area contributed by atoms with Crippen LogP contribution in [0.2, 0.25) is 0 Å². The predicted molar refractivity (Wildman–Crippen MR) is 76.7 cm³/mol. The maximum atomic E-state index is 12.2. The van der Waals surface area contributed by atoms with Crippen molar-refractivity contribution in [2.45, 2.75) is 32.2 Å². The van der Waals surface area contributed by atoms with E-state index in [1.165, 1.54) is 17.7 Å². The number of amides is 2. The molecule has 0 saturated heterocycles. The Bertz CT molecular complexity index is 502. The molecule has 0 N–H and O–H groups in total. The van der Waals surface area contributed by atoms with Gasteiger partial charge in [-0.15, -0.1) is 0 Å². The smallest absolute Gasteiger partial charge is 0.261 e. The van der Waals surface area contributed by atoms with Crippen LogP contribution in [0.1, 0.15) is 46.9 Å². The van der Waals surface area contributed by atoms with Crippen LogP contribution in [-0.2, 0) is 0 Å². The van der Waals surface area contributed by atoms with E-state index >= 15 is 0 Å². The van der Waals surface area contributed by atoms with Gasteiger partial charge in [-0.25, -0.2) is 0 Å². The fourth-order valence-corrected chi connectivity index (χ4v) is 2.91. The number of fused-ring (bicyclic) bond motifs is 1. The topological polar surface area (TPSA) is 40.6 Å². The molecule has 0 bridgehead atoms. The van der Waals surface area contributed by atoms with E-state index in [0.29, 0.717) is 17.7 Å². The van der Waals surface area contributed by atoms with Gasteiger partial charge in [-0.3, -0.25) is 14.5 Å². The van der Waals surface area contributed by atoms with E-state index in [-0.39, 0.29) is 11.8 Å². The van der Waals surface area contributed by atoms with Crippen LogP contribution >= 0.6 is 0 Å². The zero-order chi connectivity index (χ0) is 14.1. The number of imide groups is 1. The first-order valence-corrected chi connectivity index (χ1v) is 7.41. The van der Waals surface area contributed by atoms with E-state index < -0.39 is 0 Å². The van der Waals surface area contributed by atoms with E-state index in [2.05, 4.69) is 11.8 Å². The summed E-state index contributed by atoms with van der Waals surface area (Å²) in [5.74, 6) is -0.278. The molecule has 1 aliphatic carbocycles. The number of rotatable bonds is 6. The lowest BCUT2D eigenvalue weighted by Gasteiger charge is -2.21. The monoisotopic (exact) mass is 272 g/mol. The summed E-state index contributed by atoms with van der Waals surface area (Å²) >= 11 is 0. The van der Waals surface area contributed by atoms with Crippen LogP contribution < -0.4 is 0 Å². The molecule has 0 unspecified atom stereocenters. The lowest BCUT2D eigenvalue weighted by atomic mass is 10.1. The normalized spacial score (nSPS) is 18.0. The third-order valence-corrected chi connectivity index (χ3v) is 4.17. The molecule has 1 saturated carbocycles. The number of carbonyl (C=O) groups excluding carboxylic acids is 2. The van der Waals surface area contributed by atoms with Crippen molar-refractivity contribution >= 4 is 11.8 Å². The van der Waals surface area contributed by atoms with Gasteiger partial charge in [-0.1, -0.05) is 19.1 Å². The second-order valence-electron chi connectivity index (χ2n) is 5.52. The Hall–Kier alpha value is -1.68. The van der Waals surface area contributed by atoms with Gasteiger partial charge >= 0.3 is 0 Å². The first-order valence-electron chi connectivity index (χ1n) is 7.41. The van der Waals surface area contributed by atoms with Crippen molar-refractivity contribution in [2.24, 2.45) is 0 Å². The van der Waals surface area contributed by atoms with Crippen LogP contribution in [0.5, 0.6) is 0 Å². The summed E-state index contributed by atoms with van der Waals surface area (Å²) in [5, 5.41) is 0. The molecule has 2 amide bonds. The summed E-state index contributed by atoms with van der Waals surface area (Å²) in [6.07, 6.45) is 3.44. The molecule has 1 aliphatic heterocycles. The first kappa shape index (κ1) is 13.3. The van der Waals surface area contributed by atoms with Crippen LogP contribution in [0.25, 0.3) is 0 Å². The standard InChI is InChI=1S/C16H20N2O2/c1-2-17(12-8-9-12)10-5-11-18-15(19)13-6-3-4-7-14(13)16(18)20/h3-4,6-7,12H,2,5,8-11H2,1H3. The number of hydrogen-bond acceptors (Lipinski definition) is 3. The molecule has 1 aromatic carbocycles. The number of hydrogen-bond donors (Lipinski definition) is 0. The summed E-state index contributed by atoms with van der Waals surface area (Å²) in [6, 6.07) is 7.82. The molecule has 106 valence electrons. The number of nitrogens with zero attached hydrogens (tertiary/aromatic N) is 2. The van der Waals surface area contributed by atoms with E-state index in [4.69, 9.17) is 0 Å². The van der Waals surface area contributed by atoms with Gasteiger partial charge in [0.15, 0.2) is 0 Å². The Balaban J connectivity index is 1.59. The van der Waals surface area contributed by atoms with Crippen molar-refractivity contribution in [1.82, 2.24) is 9.80 Å². The van der Waals surface area contributed by atoms with Gasteiger partial charge in [-0.05, 0) is 37.9 Å². The minimum Gasteiger partial charge on any atom is -0.301 e. The molecule has 0 radical (unpaired) electrons. The zero-order valence-electron chi connectivity index (χ0n) is 11.8. The van der Waals surface area contributed by atoms with E-state index in [1.807, 2.05) is 0 Å². The van der Waals surface area contributed by atoms with Crippen molar-refractivity contribution in [3.8, 4) is 0 Å². The summed E-state index contributed by atoms with van der Waals surface area (Å²) < 4.78 is 0. The highest BCUT2D eigenvalue weighted by atomic mass is 16.2. The van der Waals surface area contributed by atoms with Gasteiger partial charge < -0.3 is 4.90 Å². The molecule has 0 atom stereocenters. The lowest BCUT2D eigenvalue weighted by molar-refractivity contribution is 0.0647. The summed E-state index contributed by atoms with van der Waals surface area (Å²) in [7, 11) is 0. The Morgan fingerprint density at radius 2 is 1.75 bits per heavy atom. The van der Waals surface area contributed by atoms with Gasteiger partial charge in [-0.2, -0.15) is 0 Å². The molecule has 4 heteroatoms. The molecular weight excluding hydrogens is 252 g/mol. The van der Waals surface area contributed by atoms with Crippen molar-refractivity contribution in [3.05, 3.63) is 35.4 Å². The second-order valence-corrected chi connectivity index (χ2v) is 5.52. The Morgan fingerprint density at radius 3 is 2.25 bits per heavy atom. The van der Waals surface area contributed by atoms with E-state index in [9.17, 15) is 9.59 Å². The first-order chi connectivity index (χ1) is 9.72. The highest BCUT2D eigenvalue weighted by molar-refractivity contribution is 6.21. The third kappa shape index (κ3) is 2.36. The van der Waals surface area contributed by atoms with Gasteiger partial charge in [0.2, 0.25) is 0 Å². The summed E-state index contributed by atoms with van der Waals surface area (Å²) in [4.78, 5) is 28.2. The molecule has 4 nitrogen and oxygen atoms in total. The lowest BCUT2D eigenvalue weighted by Crippen LogP contribution is -2.34. The van der Waals surface area contributed by atoms with Gasteiger partial charge in [0.25, 0.3) is 11.8 Å². The molecule has 2 aliphatic rings. The molecular formula is C16H20N2O2. The SMILES string of the molecule is CCN(CCCN1C(=O)c2ccccc2C1=O)C1CC1. The van der Waals surface area contributed by atoms with Gasteiger partial charge in [0.1, 0.15) is 0 Å². The molecule has 0 aromatic heterocycles. The molecule has 20 heavy (non-hydrogen) atoms. The quantitative estimate of drug-likeness (QED) is 0.745. The van der Waals surface area contributed by atoms with Crippen LogP contribution in [0.4, 0.5) is 0 Å². The van der Waals surface area contributed by atoms with Gasteiger partial charge in [0.05, 0.1) is 11.1 Å². The Morgan fingerprint density at radius 1 is 1.15 bits per heavy atom. The van der Waals surface area contributed by atoms with Crippen molar-refractivity contribution in [2.75, 3.05) is 19.6 Å². The fourth-order valence-electron chi connectivity index (χ4n) is 2.91. The van der Waals surface area contributed by atoms with Crippen LogP contribution in [0.15, 0.2) is 24.3 Å². The van der Waals surface area contributed by atoms with Crippen molar-refractivity contribution < 1.29 is 9.59 Å². The van der Waals surface area contributed by atoms with Crippen LogP contribution in [0.3, 0.4) is 0 Å².